The molecule has 0 saturated carbocycles. The number of aliphatic hydroxyl groups excluding tert-OH is 1. The maximum Gasteiger partial charge on any atom is 0.107 e. The lowest BCUT2D eigenvalue weighted by molar-refractivity contribution is 0.155. The lowest BCUT2D eigenvalue weighted by atomic mass is 9.95. The van der Waals surface area contributed by atoms with Crippen LogP contribution in [0.15, 0.2) is 18.5 Å². The number of rotatable bonds is 3. The zero-order valence-corrected chi connectivity index (χ0v) is 10.7. The first-order chi connectivity index (χ1) is 8.75. The highest BCUT2D eigenvalue weighted by Gasteiger charge is 2.22. The summed E-state index contributed by atoms with van der Waals surface area (Å²) in [4.78, 5) is 7.39. The largest absolute Gasteiger partial charge is 0.388 e. The molecule has 96 valence electrons. The topological polar surface area (TPSA) is 53.8 Å². The number of fused-ring (bicyclic) bond motifs is 1. The first kappa shape index (κ1) is 11.5. The second kappa shape index (κ2) is 4.61. The molecule has 0 aliphatic heterocycles. The van der Waals surface area contributed by atoms with Crippen LogP contribution in [-0.4, -0.2) is 19.6 Å². The Labute approximate surface area is 107 Å². The Morgan fingerprint density at radius 3 is 3.22 bits per heavy atom. The molecule has 0 amide bonds. The molecule has 0 bridgehead atoms. The van der Waals surface area contributed by atoms with Gasteiger partial charge in [0.2, 0.25) is 0 Å². The molecule has 0 saturated heterocycles. The quantitative estimate of drug-likeness (QED) is 0.870. The molecule has 0 radical (unpaired) electrons. The van der Waals surface area contributed by atoms with Crippen LogP contribution in [0.5, 0.6) is 0 Å². The van der Waals surface area contributed by atoms with Gasteiger partial charge in [-0.15, -0.1) is 0 Å². The number of hydrogen-bond acceptors (Lipinski definition) is 2. The van der Waals surface area contributed by atoms with Crippen molar-refractivity contribution >= 4 is 0 Å². The third-order valence-corrected chi connectivity index (χ3v) is 3.83. The number of imidazole rings is 1. The van der Waals surface area contributed by atoms with Gasteiger partial charge in [0, 0.05) is 42.3 Å². The summed E-state index contributed by atoms with van der Waals surface area (Å²) in [5.74, 6) is 1.02. The van der Waals surface area contributed by atoms with Gasteiger partial charge in [-0.3, -0.25) is 0 Å². The summed E-state index contributed by atoms with van der Waals surface area (Å²) in [6.07, 6.45) is 7.35. The Morgan fingerprint density at radius 1 is 1.56 bits per heavy atom. The molecular formula is C14H19N3O. The molecule has 0 aromatic carbocycles. The molecule has 1 atom stereocenters. The van der Waals surface area contributed by atoms with Crippen LogP contribution in [0.3, 0.4) is 0 Å². The zero-order valence-electron chi connectivity index (χ0n) is 10.7. The summed E-state index contributed by atoms with van der Waals surface area (Å²) in [6, 6.07) is 2.14. The highest BCUT2D eigenvalue weighted by Crippen LogP contribution is 2.32. The van der Waals surface area contributed by atoms with Crippen molar-refractivity contribution in [2.75, 3.05) is 0 Å². The molecular weight excluding hydrogens is 226 g/mol. The van der Waals surface area contributed by atoms with Crippen LogP contribution in [0, 0.1) is 6.92 Å². The number of hydrogen-bond donors (Lipinski definition) is 2. The number of H-pyrrole nitrogens is 1. The molecule has 1 unspecified atom stereocenters. The van der Waals surface area contributed by atoms with E-state index in [1.165, 1.54) is 11.4 Å². The Bertz CT molecular complexity index is 527. The molecule has 1 aliphatic carbocycles. The molecule has 2 N–H and O–H groups in total. The second-order valence-electron chi connectivity index (χ2n) is 5.03. The molecule has 0 spiro atoms. The lowest BCUT2D eigenvalue weighted by Gasteiger charge is -2.20. The smallest absolute Gasteiger partial charge is 0.107 e. The maximum absolute atomic E-state index is 10.0. The number of aryl methyl sites for hydroxylation is 2. The fourth-order valence-corrected chi connectivity index (χ4v) is 2.90. The van der Waals surface area contributed by atoms with Gasteiger partial charge in [-0.05, 0) is 32.3 Å². The normalized spacial score (nSPS) is 18.9. The van der Waals surface area contributed by atoms with E-state index in [1.54, 1.807) is 6.20 Å². The molecule has 4 heteroatoms. The summed E-state index contributed by atoms with van der Waals surface area (Å²) < 4.78 is 2.33. The van der Waals surface area contributed by atoms with Gasteiger partial charge in [0.05, 0.1) is 6.10 Å². The van der Waals surface area contributed by atoms with E-state index in [0.29, 0.717) is 0 Å². The van der Waals surface area contributed by atoms with Crippen molar-refractivity contribution in [2.24, 2.45) is 0 Å². The number of aromatic nitrogens is 3. The molecule has 4 nitrogen and oxygen atoms in total. The van der Waals surface area contributed by atoms with E-state index in [9.17, 15) is 5.11 Å². The highest BCUT2D eigenvalue weighted by molar-refractivity contribution is 5.31. The first-order valence-electron chi connectivity index (χ1n) is 6.61. The van der Waals surface area contributed by atoms with Crippen LogP contribution >= 0.6 is 0 Å². The Hall–Kier alpha value is -1.55. The van der Waals surface area contributed by atoms with Crippen LogP contribution < -0.4 is 0 Å². The molecule has 3 rings (SSSR count). The van der Waals surface area contributed by atoms with E-state index in [-0.39, 0.29) is 6.10 Å². The van der Waals surface area contributed by atoms with Gasteiger partial charge in [-0.25, -0.2) is 4.98 Å². The fourth-order valence-electron chi connectivity index (χ4n) is 2.90. The zero-order chi connectivity index (χ0) is 12.5. The van der Waals surface area contributed by atoms with E-state index >= 15 is 0 Å². The number of nitrogens with one attached hydrogen (secondary N) is 1. The average molecular weight is 245 g/mol. The molecule has 1 aliphatic rings. The molecule has 2 aromatic heterocycles. The van der Waals surface area contributed by atoms with Gasteiger partial charge in [-0.2, -0.15) is 0 Å². The molecule has 18 heavy (non-hydrogen) atoms. The second-order valence-corrected chi connectivity index (χ2v) is 5.03. The van der Waals surface area contributed by atoms with Crippen LogP contribution in [0.1, 0.15) is 41.7 Å². The first-order valence-corrected chi connectivity index (χ1v) is 6.61. The SMILES string of the molecule is Cc1cc2c(n1CCc1ncc[nH]1)CCCC2O. The fraction of sp³-hybridized carbons (Fsp3) is 0.500. The predicted octanol–water partition coefficient (Wildman–Crippen LogP) is 2.13. The monoisotopic (exact) mass is 245 g/mol. The van der Waals surface area contributed by atoms with Gasteiger partial charge >= 0.3 is 0 Å². The summed E-state index contributed by atoms with van der Waals surface area (Å²) in [7, 11) is 0. The Morgan fingerprint density at radius 2 is 2.44 bits per heavy atom. The van der Waals surface area contributed by atoms with Gasteiger partial charge in [0.15, 0.2) is 0 Å². The van der Waals surface area contributed by atoms with Crippen LogP contribution in [-0.2, 0) is 19.4 Å². The molecule has 2 aromatic rings. The van der Waals surface area contributed by atoms with Crippen molar-refractivity contribution in [1.82, 2.24) is 14.5 Å². The van der Waals surface area contributed by atoms with Crippen molar-refractivity contribution < 1.29 is 5.11 Å². The van der Waals surface area contributed by atoms with Gasteiger partial charge in [0.25, 0.3) is 0 Å². The van der Waals surface area contributed by atoms with Gasteiger partial charge in [-0.1, -0.05) is 0 Å². The Kier molecular flexibility index (Phi) is 2.96. The standard InChI is InChI=1S/C14H19N3O/c1-10-9-11-12(3-2-4-13(11)18)17(10)8-5-14-15-6-7-16-14/h6-7,9,13,18H,2-5,8H2,1H3,(H,15,16). The van der Waals surface area contributed by atoms with Crippen LogP contribution in [0.25, 0.3) is 0 Å². The third-order valence-electron chi connectivity index (χ3n) is 3.83. The minimum absolute atomic E-state index is 0.266. The number of aromatic amines is 1. The van der Waals surface area contributed by atoms with Crippen molar-refractivity contribution in [3.05, 3.63) is 41.2 Å². The highest BCUT2D eigenvalue weighted by atomic mass is 16.3. The summed E-state index contributed by atoms with van der Waals surface area (Å²) in [5, 5.41) is 10.0. The minimum atomic E-state index is -0.266. The lowest BCUT2D eigenvalue weighted by Crippen LogP contribution is -2.13. The molecule has 0 fully saturated rings. The van der Waals surface area contributed by atoms with E-state index in [2.05, 4.69) is 27.5 Å². The summed E-state index contributed by atoms with van der Waals surface area (Å²) >= 11 is 0. The van der Waals surface area contributed by atoms with E-state index in [1.807, 2.05) is 6.20 Å². The van der Waals surface area contributed by atoms with Crippen molar-refractivity contribution in [1.29, 1.82) is 0 Å². The predicted molar refractivity (Wildman–Crippen MR) is 69.4 cm³/mol. The third kappa shape index (κ3) is 1.97. The van der Waals surface area contributed by atoms with Crippen LogP contribution in [0.2, 0.25) is 0 Å². The van der Waals surface area contributed by atoms with Gasteiger partial charge < -0.3 is 14.7 Å². The van der Waals surface area contributed by atoms with E-state index in [0.717, 1.165) is 43.6 Å². The minimum Gasteiger partial charge on any atom is -0.388 e. The number of aliphatic hydroxyl groups is 1. The number of nitrogens with zero attached hydrogens (tertiary/aromatic N) is 2. The van der Waals surface area contributed by atoms with Crippen LogP contribution in [0.4, 0.5) is 0 Å². The van der Waals surface area contributed by atoms with E-state index in [4.69, 9.17) is 0 Å². The average Bonchev–Trinajstić information content (AvgIpc) is 2.95. The van der Waals surface area contributed by atoms with Crippen molar-refractivity contribution in [2.45, 2.75) is 45.3 Å². The Balaban J connectivity index is 1.83. The maximum atomic E-state index is 10.0. The van der Waals surface area contributed by atoms with E-state index < -0.39 is 0 Å². The summed E-state index contributed by atoms with van der Waals surface area (Å²) in [6.45, 7) is 3.05. The molecule has 2 heterocycles. The van der Waals surface area contributed by atoms with Gasteiger partial charge in [0.1, 0.15) is 5.82 Å². The van der Waals surface area contributed by atoms with Crippen molar-refractivity contribution in [3.63, 3.8) is 0 Å². The van der Waals surface area contributed by atoms with Crippen molar-refractivity contribution in [3.8, 4) is 0 Å². The summed E-state index contributed by atoms with van der Waals surface area (Å²) in [5.41, 5.74) is 3.70.